The lowest BCUT2D eigenvalue weighted by Crippen LogP contribution is -2.58. The number of fused-ring (bicyclic) bond motifs is 2. The normalized spacial score (nSPS) is 26.8. The number of amides is 1. The molecule has 3 aliphatic heterocycles. The highest BCUT2D eigenvalue weighted by Gasteiger charge is 2.46. The van der Waals surface area contributed by atoms with E-state index in [-0.39, 0.29) is 49.9 Å². The molecular weight excluding hydrogens is 799 g/mol. The quantitative estimate of drug-likeness (QED) is 0.0811. The molecule has 24 nitrogen and oxygen atoms in total. The van der Waals surface area contributed by atoms with Gasteiger partial charge in [-0.2, -0.15) is 4.31 Å². The number of aliphatic hydroxyl groups is 6. The summed E-state index contributed by atoms with van der Waals surface area (Å²) in [6.45, 7) is -2.80. The van der Waals surface area contributed by atoms with Crippen molar-refractivity contribution in [2.45, 2.75) is 49.2 Å². The van der Waals surface area contributed by atoms with E-state index in [1.165, 1.54) is 27.9 Å². The van der Waals surface area contributed by atoms with Crippen molar-refractivity contribution in [3.63, 3.8) is 0 Å². The Kier molecular flexibility index (Phi) is 11.2. The van der Waals surface area contributed by atoms with Crippen LogP contribution in [0.5, 0.6) is 0 Å². The van der Waals surface area contributed by atoms with Crippen LogP contribution < -0.4 is 26.6 Å². The van der Waals surface area contributed by atoms with Gasteiger partial charge in [0.2, 0.25) is 6.35 Å². The number of halogens is 2. The number of hydrogen-bond donors (Lipinski definition) is 12. The number of β-amino-alcohol motifs (C(OH)–C–C–N with tert-alkyl or cyclic N) is 1. The van der Waals surface area contributed by atoms with E-state index in [2.05, 4.69) is 39.7 Å². The number of carbonyl (C=O) groups excluding carboxylic acids is 1. The van der Waals surface area contributed by atoms with E-state index in [0.29, 0.717) is 0 Å². The Balaban J connectivity index is 1.04. The molecular formula is C25H31Cl2N9O15P2. The molecule has 0 aliphatic carbocycles. The van der Waals surface area contributed by atoms with Gasteiger partial charge in [0.05, 0.1) is 47.5 Å². The number of nitrogens with two attached hydrogens (primary N) is 1. The molecule has 0 spiro atoms. The first-order chi connectivity index (χ1) is 24.9. The molecule has 290 valence electrons. The van der Waals surface area contributed by atoms with E-state index < -0.39 is 90.5 Å². The number of nitrogen functional groups attached to an aromatic ring is 1. The summed E-state index contributed by atoms with van der Waals surface area (Å²) in [5.41, 5.74) is 6.40. The van der Waals surface area contributed by atoms with Crippen LogP contribution >= 0.6 is 38.8 Å². The monoisotopic (exact) mass is 829 g/mol. The molecule has 28 heteroatoms. The molecule has 6 rings (SSSR count). The maximum Gasteiger partial charge on any atom is 0.481 e. The van der Waals surface area contributed by atoms with Crippen molar-refractivity contribution in [2.24, 2.45) is 0 Å². The third kappa shape index (κ3) is 8.23. The second kappa shape index (κ2) is 15.1. The van der Waals surface area contributed by atoms with Gasteiger partial charge in [0.25, 0.3) is 5.91 Å². The van der Waals surface area contributed by atoms with E-state index in [0.717, 1.165) is 6.33 Å². The Morgan fingerprint density at radius 2 is 1.68 bits per heavy atom. The Hall–Kier alpha value is -3.26. The summed E-state index contributed by atoms with van der Waals surface area (Å²) in [6.07, 6.45) is -11.5. The van der Waals surface area contributed by atoms with Gasteiger partial charge in [0.15, 0.2) is 17.7 Å². The van der Waals surface area contributed by atoms with Crippen LogP contribution in [-0.2, 0) is 32.0 Å². The minimum atomic E-state index is -5.55. The highest BCUT2D eigenvalue weighted by atomic mass is 35.5. The molecule has 0 radical (unpaired) electrons. The number of rotatable bonds is 13. The van der Waals surface area contributed by atoms with E-state index in [4.69, 9.17) is 38.2 Å². The van der Waals surface area contributed by atoms with E-state index >= 15 is 0 Å². The zero-order valence-corrected chi connectivity index (χ0v) is 29.7. The average molecular weight is 830 g/mol. The third-order valence-electron chi connectivity index (χ3n) is 8.04. The molecule has 3 aliphatic rings. The summed E-state index contributed by atoms with van der Waals surface area (Å²) in [6, 6.07) is 2.73. The van der Waals surface area contributed by atoms with Crippen LogP contribution in [0.1, 0.15) is 6.23 Å². The van der Waals surface area contributed by atoms with Crippen molar-refractivity contribution in [1.29, 1.82) is 0 Å². The molecule has 13 N–H and O–H groups in total. The number of phosphoric acid groups is 2. The molecule has 10 atom stereocenters. The Bertz CT molecular complexity index is 2030. The summed E-state index contributed by atoms with van der Waals surface area (Å²) in [7, 11) is -11.0. The molecule has 3 aromatic rings. The first kappa shape index (κ1) is 39.4. The van der Waals surface area contributed by atoms with Crippen LogP contribution in [0.2, 0.25) is 10.0 Å². The van der Waals surface area contributed by atoms with Gasteiger partial charge in [-0.25, -0.2) is 24.1 Å². The number of nitrogens with zero attached hydrogens (tertiary/aromatic N) is 5. The second-order valence-electron chi connectivity index (χ2n) is 11.6. The number of phosphoric ester groups is 2. The maximum absolute atomic E-state index is 12.6. The summed E-state index contributed by atoms with van der Waals surface area (Å²) < 4.78 is 45.3. The molecule has 0 saturated carbocycles. The predicted molar refractivity (Wildman–Crippen MR) is 178 cm³/mol. The molecule has 1 saturated heterocycles. The topological polar surface area (TPSA) is 359 Å². The average Bonchev–Trinajstić information content (AvgIpc) is 3.63. The maximum atomic E-state index is 12.6. The van der Waals surface area contributed by atoms with Gasteiger partial charge in [-0.05, 0) is 12.1 Å². The molecule has 5 heterocycles. The van der Waals surface area contributed by atoms with Gasteiger partial charge in [-0.3, -0.25) is 18.4 Å². The number of ether oxygens (including phenoxy) is 1. The third-order valence-corrected chi connectivity index (χ3v) is 11.4. The minimum Gasteiger partial charge on any atom is -0.388 e. The number of nitrogens with one attached hydrogen (secondary N) is 3. The lowest BCUT2D eigenvalue weighted by molar-refractivity contribution is -0.121. The minimum absolute atomic E-state index is 0.0264. The van der Waals surface area contributed by atoms with Crippen molar-refractivity contribution in [3.05, 3.63) is 46.4 Å². The smallest absolute Gasteiger partial charge is 0.388 e. The number of imidazole rings is 1. The van der Waals surface area contributed by atoms with E-state index in [1.807, 2.05) is 0 Å². The van der Waals surface area contributed by atoms with Crippen LogP contribution in [0.25, 0.3) is 11.2 Å². The van der Waals surface area contributed by atoms with Gasteiger partial charge in [-0.1, -0.05) is 23.2 Å². The van der Waals surface area contributed by atoms with Crippen LogP contribution in [0.4, 0.5) is 17.2 Å². The molecule has 3 unspecified atom stereocenters. The fourth-order valence-corrected chi connectivity index (χ4v) is 7.91. The molecule has 53 heavy (non-hydrogen) atoms. The van der Waals surface area contributed by atoms with Crippen LogP contribution in [0.15, 0.2) is 36.3 Å². The van der Waals surface area contributed by atoms with E-state index in [9.17, 15) is 54.4 Å². The van der Waals surface area contributed by atoms with Gasteiger partial charge < -0.3 is 71.7 Å². The number of benzene rings is 1. The molecule has 1 fully saturated rings. The fourth-order valence-electron chi connectivity index (χ4n) is 5.49. The fraction of sp³-hybridized carbons (Fsp3) is 0.440. The van der Waals surface area contributed by atoms with Crippen molar-refractivity contribution >= 4 is 73.1 Å². The van der Waals surface area contributed by atoms with Gasteiger partial charge >= 0.3 is 15.6 Å². The van der Waals surface area contributed by atoms with Crippen molar-refractivity contribution < 1.29 is 72.4 Å². The van der Waals surface area contributed by atoms with Crippen LogP contribution in [-0.4, -0.2) is 129 Å². The SMILES string of the molecule is Nc1ncnc2c1ncn2[C@@H]1O[C@H](COP(=O)(O)OP(=O)(O)OC[C@@H](O)[C@H](O)[C@H](O)CN2C3=C(Nc4cc(Cl)c(Cl)cc42)C(=O)NC(O)N3)[C@@H](O)[C@H]1O. The highest BCUT2D eigenvalue weighted by molar-refractivity contribution is 7.61. The van der Waals surface area contributed by atoms with Gasteiger partial charge in [0, 0.05) is 0 Å². The number of anilines is 3. The zero-order valence-electron chi connectivity index (χ0n) is 26.4. The lowest BCUT2D eigenvalue weighted by Gasteiger charge is -2.41. The van der Waals surface area contributed by atoms with Crippen molar-refractivity contribution in [1.82, 2.24) is 30.2 Å². The standard InChI is InChI=1S/C25H31Cl2N9O15P2/c26-8-1-10-11(2-9(8)27)35(22-16(32-10)23(42)34-25(43)33-22)3-12(37)17(39)13(38)4-48-52(44,45)51-53(46,47)49-5-14-18(40)19(41)24(50-14)36-7-31-15-20(28)29-6-30-21(15)36/h1-2,6-7,12-14,17-19,24-25,32-33,37-41,43H,3-5H2,(H,34,42)(H,44,45)(H,46,47)(H2,28,29,30)/t12-,13-,14-,17-,18-,19-,24-,25?/m1/s1. The molecule has 2 aromatic heterocycles. The van der Waals surface area contributed by atoms with E-state index in [1.54, 1.807) is 0 Å². The first-order valence-electron chi connectivity index (χ1n) is 15.0. The Morgan fingerprint density at radius 3 is 2.42 bits per heavy atom. The highest BCUT2D eigenvalue weighted by Crippen LogP contribution is 2.60. The largest absolute Gasteiger partial charge is 0.481 e. The summed E-state index contributed by atoms with van der Waals surface area (Å²) >= 11 is 12.3. The summed E-state index contributed by atoms with van der Waals surface area (Å²) in [4.78, 5) is 45.8. The lowest BCUT2D eigenvalue weighted by atomic mass is 10.1. The van der Waals surface area contributed by atoms with Crippen LogP contribution in [0.3, 0.4) is 0 Å². The first-order valence-corrected chi connectivity index (χ1v) is 18.8. The predicted octanol–water partition coefficient (Wildman–Crippen LogP) is -2.24. The molecule has 0 bridgehead atoms. The zero-order chi connectivity index (χ0) is 38.6. The number of carbonyl (C=O) groups is 1. The van der Waals surface area contributed by atoms with Crippen LogP contribution in [0, 0.1) is 0 Å². The number of aromatic nitrogens is 4. The summed E-state index contributed by atoms with van der Waals surface area (Å²) in [5, 5.41) is 70.8. The summed E-state index contributed by atoms with van der Waals surface area (Å²) in [5.74, 6) is -0.788. The van der Waals surface area contributed by atoms with Gasteiger partial charge in [-0.15, -0.1) is 0 Å². The second-order valence-corrected chi connectivity index (χ2v) is 15.5. The number of aliphatic hydroxyl groups excluding tert-OH is 6. The molecule has 1 aromatic carbocycles. The molecule has 1 amide bonds. The number of hydrogen-bond acceptors (Lipinski definition) is 20. The van der Waals surface area contributed by atoms with Crippen molar-refractivity contribution in [2.75, 3.05) is 35.7 Å². The Morgan fingerprint density at radius 1 is 0.981 bits per heavy atom. The Labute approximate surface area is 306 Å². The van der Waals surface area contributed by atoms with Gasteiger partial charge in [0.1, 0.15) is 60.0 Å². The van der Waals surface area contributed by atoms with Crippen molar-refractivity contribution in [3.8, 4) is 0 Å².